The van der Waals surface area contributed by atoms with E-state index >= 15 is 0 Å². The number of rotatable bonds is 7. The van der Waals surface area contributed by atoms with E-state index in [-0.39, 0.29) is 11.3 Å². The summed E-state index contributed by atoms with van der Waals surface area (Å²) in [7, 11) is -8.27. The van der Waals surface area contributed by atoms with Crippen LogP contribution in [0.3, 0.4) is 0 Å². The largest absolute Gasteiger partial charge is 0.480 e. The van der Waals surface area contributed by atoms with Gasteiger partial charge in [0.25, 0.3) is 0 Å². The molecule has 116 valence electrons. The number of sulfonamides is 2. The van der Waals surface area contributed by atoms with E-state index in [9.17, 15) is 21.6 Å². The van der Waals surface area contributed by atoms with Gasteiger partial charge in [-0.1, -0.05) is 12.1 Å². The summed E-state index contributed by atoms with van der Waals surface area (Å²) in [5, 5.41) is 13.8. The Morgan fingerprint density at radius 2 is 1.90 bits per heavy atom. The van der Waals surface area contributed by atoms with Gasteiger partial charge in [0.15, 0.2) is 0 Å². The van der Waals surface area contributed by atoms with Crippen molar-refractivity contribution in [1.29, 1.82) is 0 Å². The first-order chi connectivity index (χ1) is 9.58. The second-order valence-electron chi connectivity index (χ2n) is 4.06. The summed E-state index contributed by atoms with van der Waals surface area (Å²) in [6.45, 7) is 3.34. The first-order valence-electron chi connectivity index (χ1n) is 5.57. The molecule has 0 spiro atoms. The van der Waals surface area contributed by atoms with Gasteiger partial charge in [-0.3, -0.25) is 4.79 Å². The van der Waals surface area contributed by atoms with Crippen LogP contribution in [0.15, 0.2) is 46.7 Å². The van der Waals surface area contributed by atoms with Gasteiger partial charge < -0.3 is 5.11 Å². The number of aliphatic carboxylic acids is 1. The minimum Gasteiger partial charge on any atom is -0.480 e. The standard InChI is InChI=1S/C11H14N2O6S2/c1-2-4-10(11(14)15)13-21(18,19)9-6-3-5-8(7-9)20(12,16)17/h2-3,5-7,10,13H,1,4H2,(H,14,15)(H2,12,16,17). The molecular formula is C11H14N2O6S2. The van der Waals surface area contributed by atoms with Crippen LogP contribution in [0.25, 0.3) is 0 Å². The molecule has 0 saturated heterocycles. The van der Waals surface area contributed by atoms with Crippen molar-refractivity contribution in [3.63, 3.8) is 0 Å². The Balaban J connectivity index is 3.19. The van der Waals surface area contributed by atoms with E-state index in [1.807, 2.05) is 4.72 Å². The van der Waals surface area contributed by atoms with Gasteiger partial charge in [-0.05, 0) is 24.6 Å². The second kappa shape index (κ2) is 6.35. The number of benzene rings is 1. The smallest absolute Gasteiger partial charge is 0.322 e. The Labute approximate surface area is 122 Å². The van der Waals surface area contributed by atoms with Crippen molar-refractivity contribution in [2.75, 3.05) is 0 Å². The van der Waals surface area contributed by atoms with E-state index in [1.165, 1.54) is 12.1 Å². The molecule has 1 aromatic rings. The fourth-order valence-electron chi connectivity index (χ4n) is 1.44. The summed E-state index contributed by atoms with van der Waals surface area (Å²) in [4.78, 5) is 10.1. The highest BCUT2D eigenvalue weighted by Crippen LogP contribution is 2.15. The Morgan fingerprint density at radius 1 is 1.33 bits per heavy atom. The fourth-order valence-corrected chi connectivity index (χ4v) is 3.32. The maximum Gasteiger partial charge on any atom is 0.322 e. The maximum absolute atomic E-state index is 12.1. The summed E-state index contributed by atoms with van der Waals surface area (Å²) in [6, 6.07) is 2.91. The zero-order valence-electron chi connectivity index (χ0n) is 10.8. The normalized spacial score (nSPS) is 13.6. The highest BCUT2D eigenvalue weighted by Gasteiger charge is 2.25. The molecule has 0 aliphatic rings. The third-order valence-corrected chi connectivity index (χ3v) is 4.82. The van der Waals surface area contributed by atoms with E-state index in [1.54, 1.807) is 0 Å². The van der Waals surface area contributed by atoms with Crippen LogP contribution in [-0.2, 0) is 24.8 Å². The van der Waals surface area contributed by atoms with Crippen molar-refractivity contribution < 1.29 is 26.7 Å². The third-order valence-electron chi connectivity index (χ3n) is 2.44. The molecule has 1 aromatic carbocycles. The van der Waals surface area contributed by atoms with Crippen LogP contribution in [0.4, 0.5) is 0 Å². The Bertz CT molecular complexity index is 755. The van der Waals surface area contributed by atoms with Crippen LogP contribution in [0.5, 0.6) is 0 Å². The van der Waals surface area contributed by atoms with Crippen LogP contribution in [0.1, 0.15) is 6.42 Å². The zero-order chi connectivity index (χ0) is 16.3. The predicted molar refractivity (Wildman–Crippen MR) is 74.4 cm³/mol. The zero-order valence-corrected chi connectivity index (χ0v) is 12.4. The first-order valence-corrected chi connectivity index (χ1v) is 8.60. The van der Waals surface area contributed by atoms with E-state index in [0.29, 0.717) is 0 Å². The predicted octanol–water partition coefficient (Wildman–Crippen LogP) is -0.358. The van der Waals surface area contributed by atoms with E-state index in [0.717, 1.165) is 18.2 Å². The topological polar surface area (TPSA) is 144 Å². The molecule has 1 atom stereocenters. The first kappa shape index (κ1) is 17.3. The minimum atomic E-state index is -4.21. The van der Waals surface area contributed by atoms with Gasteiger partial charge in [0, 0.05) is 0 Å². The van der Waals surface area contributed by atoms with Crippen molar-refractivity contribution in [1.82, 2.24) is 4.72 Å². The lowest BCUT2D eigenvalue weighted by molar-refractivity contribution is -0.138. The van der Waals surface area contributed by atoms with Gasteiger partial charge in [0.1, 0.15) is 6.04 Å². The van der Waals surface area contributed by atoms with Crippen LogP contribution in [-0.4, -0.2) is 34.0 Å². The van der Waals surface area contributed by atoms with Crippen molar-refractivity contribution >= 4 is 26.0 Å². The van der Waals surface area contributed by atoms with Crippen LogP contribution >= 0.6 is 0 Å². The number of carbonyl (C=O) groups is 1. The van der Waals surface area contributed by atoms with Gasteiger partial charge >= 0.3 is 5.97 Å². The molecule has 0 aliphatic carbocycles. The molecule has 0 heterocycles. The van der Waals surface area contributed by atoms with Gasteiger partial charge in [-0.2, -0.15) is 4.72 Å². The molecule has 0 radical (unpaired) electrons. The molecule has 0 amide bonds. The number of carboxylic acid groups (broad SMARTS) is 1. The Hall–Kier alpha value is -1.75. The van der Waals surface area contributed by atoms with Gasteiger partial charge in [-0.15, -0.1) is 6.58 Å². The highest BCUT2D eigenvalue weighted by atomic mass is 32.2. The summed E-state index contributed by atoms with van der Waals surface area (Å²) in [5.41, 5.74) is 0. The number of nitrogens with two attached hydrogens (primary N) is 1. The molecule has 1 rings (SSSR count). The van der Waals surface area contributed by atoms with Gasteiger partial charge in [0.2, 0.25) is 20.0 Å². The number of primary sulfonamides is 1. The molecule has 0 aromatic heterocycles. The second-order valence-corrected chi connectivity index (χ2v) is 7.33. The average molecular weight is 334 g/mol. The number of hydrogen-bond donors (Lipinski definition) is 3. The van der Waals surface area contributed by atoms with Crippen LogP contribution < -0.4 is 9.86 Å². The molecule has 10 heteroatoms. The summed E-state index contributed by atoms with van der Waals surface area (Å²) in [5.74, 6) is -1.37. The lowest BCUT2D eigenvalue weighted by Crippen LogP contribution is -2.40. The van der Waals surface area contributed by atoms with Crippen LogP contribution in [0.2, 0.25) is 0 Å². The number of nitrogens with one attached hydrogen (secondary N) is 1. The van der Waals surface area contributed by atoms with Crippen LogP contribution in [0, 0.1) is 0 Å². The minimum absolute atomic E-state index is 0.122. The van der Waals surface area contributed by atoms with Crippen molar-refractivity contribution in [2.45, 2.75) is 22.3 Å². The summed E-state index contributed by atoms with van der Waals surface area (Å²) < 4.78 is 48.5. The quantitative estimate of drug-likeness (QED) is 0.581. The third kappa shape index (κ3) is 4.63. The average Bonchev–Trinajstić information content (AvgIpc) is 2.37. The summed E-state index contributed by atoms with van der Waals surface area (Å²) >= 11 is 0. The molecule has 0 saturated carbocycles. The van der Waals surface area contributed by atoms with E-state index in [4.69, 9.17) is 10.2 Å². The number of hydrogen-bond acceptors (Lipinski definition) is 5. The lowest BCUT2D eigenvalue weighted by atomic mass is 10.2. The molecule has 0 bridgehead atoms. The molecule has 8 nitrogen and oxygen atoms in total. The molecule has 0 aliphatic heterocycles. The lowest BCUT2D eigenvalue weighted by Gasteiger charge is -2.13. The van der Waals surface area contributed by atoms with Crippen molar-refractivity contribution in [3.05, 3.63) is 36.9 Å². The Kier molecular flexibility index (Phi) is 5.23. The van der Waals surface area contributed by atoms with Crippen molar-refractivity contribution in [2.24, 2.45) is 5.14 Å². The van der Waals surface area contributed by atoms with Gasteiger partial charge in [0.05, 0.1) is 9.79 Å². The summed E-state index contributed by atoms with van der Waals surface area (Å²) in [6.07, 6.45) is 1.13. The van der Waals surface area contributed by atoms with Crippen molar-refractivity contribution in [3.8, 4) is 0 Å². The maximum atomic E-state index is 12.1. The fraction of sp³-hybridized carbons (Fsp3) is 0.182. The molecule has 21 heavy (non-hydrogen) atoms. The van der Waals surface area contributed by atoms with E-state index < -0.39 is 37.0 Å². The Morgan fingerprint density at radius 3 is 2.38 bits per heavy atom. The molecule has 0 fully saturated rings. The highest BCUT2D eigenvalue weighted by molar-refractivity contribution is 7.90. The molecule has 1 unspecified atom stereocenters. The monoisotopic (exact) mass is 334 g/mol. The van der Waals surface area contributed by atoms with E-state index in [2.05, 4.69) is 6.58 Å². The SMILES string of the molecule is C=CCC(NS(=O)(=O)c1cccc(S(N)(=O)=O)c1)C(=O)O. The molecular weight excluding hydrogens is 320 g/mol. The van der Waals surface area contributed by atoms with Gasteiger partial charge in [-0.25, -0.2) is 22.0 Å². The number of carboxylic acids is 1. The molecule has 4 N–H and O–H groups in total.